The van der Waals surface area contributed by atoms with E-state index in [2.05, 4.69) is 33.4 Å². The number of thiophene rings is 1. The summed E-state index contributed by atoms with van der Waals surface area (Å²) in [5, 5.41) is 19.0. The number of hydrogen-bond acceptors (Lipinski definition) is 7. The number of nitriles is 1. The molecule has 2 aromatic heterocycles. The van der Waals surface area contributed by atoms with Crippen LogP contribution in [0.25, 0.3) is 5.69 Å². The molecule has 154 valence electrons. The van der Waals surface area contributed by atoms with Crippen LogP contribution in [0, 0.1) is 11.3 Å². The van der Waals surface area contributed by atoms with E-state index in [-0.39, 0.29) is 18.0 Å². The third-order valence-electron chi connectivity index (χ3n) is 5.10. The molecule has 3 aromatic rings. The Balaban J connectivity index is 1.30. The van der Waals surface area contributed by atoms with Crippen molar-refractivity contribution in [2.24, 2.45) is 0 Å². The van der Waals surface area contributed by atoms with Gasteiger partial charge in [-0.3, -0.25) is 4.79 Å². The van der Waals surface area contributed by atoms with Crippen LogP contribution >= 0.6 is 11.3 Å². The molecular formula is C21H23N7OS. The number of anilines is 1. The molecule has 5 N–H and O–H groups in total. The number of aryl methyl sites for hydroxylation is 1. The third-order valence-corrected chi connectivity index (χ3v) is 6.09. The van der Waals surface area contributed by atoms with Gasteiger partial charge in [-0.15, -0.1) is 11.3 Å². The summed E-state index contributed by atoms with van der Waals surface area (Å²) < 4.78 is 1.59. The van der Waals surface area contributed by atoms with Crippen molar-refractivity contribution in [1.82, 2.24) is 25.9 Å². The van der Waals surface area contributed by atoms with Crippen molar-refractivity contribution in [1.29, 1.82) is 5.26 Å². The second-order valence-corrected chi connectivity index (χ2v) is 8.08. The third kappa shape index (κ3) is 4.21. The molecule has 1 amide bonds. The molecule has 0 spiro atoms. The van der Waals surface area contributed by atoms with Crippen molar-refractivity contribution in [3.05, 3.63) is 64.0 Å². The number of carbonyl (C=O) groups excluding carboxylic acids is 1. The lowest BCUT2D eigenvalue weighted by Crippen LogP contribution is -2.43. The van der Waals surface area contributed by atoms with Crippen molar-refractivity contribution in [3.63, 3.8) is 0 Å². The van der Waals surface area contributed by atoms with E-state index in [9.17, 15) is 10.1 Å². The van der Waals surface area contributed by atoms with E-state index in [1.807, 2.05) is 41.8 Å². The average molecular weight is 422 g/mol. The lowest BCUT2D eigenvalue weighted by Gasteiger charge is -2.10. The molecule has 1 fully saturated rings. The van der Waals surface area contributed by atoms with E-state index in [4.69, 9.17) is 5.73 Å². The smallest absolute Gasteiger partial charge is 0.238 e. The van der Waals surface area contributed by atoms with Gasteiger partial charge in [-0.25, -0.2) is 15.5 Å². The minimum absolute atomic E-state index is 0.0311. The van der Waals surface area contributed by atoms with Crippen LogP contribution in [0.1, 0.15) is 35.0 Å². The predicted molar refractivity (Wildman–Crippen MR) is 116 cm³/mol. The molecule has 1 aromatic carbocycles. The van der Waals surface area contributed by atoms with Crippen LogP contribution in [0.15, 0.2) is 47.8 Å². The molecule has 1 aliphatic heterocycles. The summed E-state index contributed by atoms with van der Waals surface area (Å²) in [7, 11) is 0. The molecule has 1 saturated heterocycles. The highest BCUT2D eigenvalue weighted by Gasteiger charge is 2.30. The topological polar surface area (TPSA) is 121 Å². The normalized spacial score (nSPS) is 18.2. The molecule has 0 aliphatic carbocycles. The average Bonchev–Trinajstić information content (AvgIpc) is 3.51. The minimum atomic E-state index is -0.264. The van der Waals surface area contributed by atoms with Gasteiger partial charge in [0.2, 0.25) is 5.91 Å². The summed E-state index contributed by atoms with van der Waals surface area (Å²) >= 11 is 1.68. The number of amides is 1. The zero-order chi connectivity index (χ0) is 20.9. The van der Waals surface area contributed by atoms with Crippen LogP contribution in [0.5, 0.6) is 0 Å². The van der Waals surface area contributed by atoms with Gasteiger partial charge in [0.15, 0.2) is 0 Å². The fourth-order valence-electron chi connectivity index (χ4n) is 3.54. The highest BCUT2D eigenvalue weighted by molar-refractivity contribution is 7.10. The summed E-state index contributed by atoms with van der Waals surface area (Å²) in [6.07, 6.45) is 1.93. The minimum Gasteiger partial charge on any atom is -0.382 e. The van der Waals surface area contributed by atoms with Gasteiger partial charge >= 0.3 is 0 Å². The number of para-hydroxylation sites is 1. The van der Waals surface area contributed by atoms with Gasteiger partial charge in [0, 0.05) is 11.4 Å². The molecule has 9 heteroatoms. The molecule has 2 unspecified atom stereocenters. The van der Waals surface area contributed by atoms with E-state index < -0.39 is 0 Å². The van der Waals surface area contributed by atoms with E-state index in [1.54, 1.807) is 16.0 Å². The Morgan fingerprint density at radius 3 is 2.87 bits per heavy atom. The summed E-state index contributed by atoms with van der Waals surface area (Å²) in [5.74, 6) is 0.306. The monoisotopic (exact) mass is 421 g/mol. The summed E-state index contributed by atoms with van der Waals surface area (Å²) in [5.41, 5.74) is 14.2. The first-order valence-corrected chi connectivity index (χ1v) is 10.7. The van der Waals surface area contributed by atoms with Gasteiger partial charge < -0.3 is 11.1 Å². The van der Waals surface area contributed by atoms with Crippen LogP contribution in [-0.4, -0.2) is 28.3 Å². The summed E-state index contributed by atoms with van der Waals surface area (Å²) in [4.78, 5) is 13.7. The Morgan fingerprint density at radius 2 is 2.13 bits per heavy atom. The van der Waals surface area contributed by atoms with Gasteiger partial charge in [-0.1, -0.05) is 24.3 Å². The maximum absolute atomic E-state index is 12.4. The highest BCUT2D eigenvalue weighted by Crippen LogP contribution is 2.26. The van der Waals surface area contributed by atoms with E-state index in [0.29, 0.717) is 42.9 Å². The van der Waals surface area contributed by atoms with Crippen LogP contribution in [0.3, 0.4) is 0 Å². The predicted octanol–water partition coefficient (Wildman–Crippen LogP) is 2.04. The number of hydrazine groups is 1. The lowest BCUT2D eigenvalue weighted by molar-refractivity contribution is -0.122. The van der Waals surface area contributed by atoms with Crippen molar-refractivity contribution in [3.8, 4) is 11.8 Å². The van der Waals surface area contributed by atoms with E-state index >= 15 is 0 Å². The Kier molecular flexibility index (Phi) is 6.09. The van der Waals surface area contributed by atoms with Crippen molar-refractivity contribution in [2.75, 3.05) is 12.3 Å². The number of rotatable bonds is 7. The molecule has 0 saturated carbocycles. The molecule has 2 atom stereocenters. The number of nitrogens with two attached hydrogens (primary N) is 1. The van der Waals surface area contributed by atoms with Gasteiger partial charge in [0.05, 0.1) is 17.4 Å². The molecule has 1 aliphatic rings. The first kappa shape index (κ1) is 20.1. The Labute approximate surface area is 178 Å². The van der Waals surface area contributed by atoms with Crippen LogP contribution in [0.2, 0.25) is 0 Å². The molecular weight excluding hydrogens is 398 g/mol. The maximum Gasteiger partial charge on any atom is 0.238 e. The van der Waals surface area contributed by atoms with Crippen LogP contribution in [0.4, 0.5) is 5.82 Å². The van der Waals surface area contributed by atoms with E-state index in [1.165, 1.54) is 4.88 Å². The van der Waals surface area contributed by atoms with Crippen LogP contribution < -0.4 is 21.9 Å². The molecule has 0 radical (unpaired) electrons. The zero-order valence-corrected chi connectivity index (χ0v) is 17.2. The number of nitrogens with zero attached hydrogens (tertiary/aromatic N) is 3. The maximum atomic E-state index is 12.4. The molecule has 4 rings (SSSR count). The Morgan fingerprint density at radius 1 is 1.30 bits per heavy atom. The van der Waals surface area contributed by atoms with Crippen LogP contribution in [-0.2, 0) is 11.2 Å². The Bertz CT molecular complexity index is 1040. The first-order valence-electron chi connectivity index (χ1n) is 9.82. The quantitative estimate of drug-likeness (QED) is 0.433. The van der Waals surface area contributed by atoms with Gasteiger partial charge in [-0.05, 0) is 42.8 Å². The number of nitrogen functional groups attached to an aromatic ring is 1. The summed E-state index contributed by atoms with van der Waals surface area (Å²) in [6, 6.07) is 15.6. The zero-order valence-electron chi connectivity index (χ0n) is 16.3. The number of aromatic nitrogens is 2. The van der Waals surface area contributed by atoms with E-state index in [0.717, 1.165) is 5.69 Å². The first-order chi connectivity index (χ1) is 14.7. The second-order valence-electron chi connectivity index (χ2n) is 7.11. The van der Waals surface area contributed by atoms with Gasteiger partial charge in [-0.2, -0.15) is 10.4 Å². The van der Waals surface area contributed by atoms with Gasteiger partial charge in [0.1, 0.15) is 23.5 Å². The second kappa shape index (κ2) is 9.09. The fraction of sp³-hybridized carbons (Fsp3) is 0.286. The fourth-order valence-corrected chi connectivity index (χ4v) is 4.33. The number of benzene rings is 1. The van der Waals surface area contributed by atoms with Crippen molar-refractivity contribution in [2.45, 2.75) is 31.3 Å². The molecule has 0 bridgehead atoms. The van der Waals surface area contributed by atoms with Crippen molar-refractivity contribution >= 4 is 23.1 Å². The largest absolute Gasteiger partial charge is 0.382 e. The highest BCUT2D eigenvalue weighted by atomic mass is 32.1. The molecule has 8 nitrogen and oxygen atoms in total. The summed E-state index contributed by atoms with van der Waals surface area (Å²) in [6.45, 7) is 0.504. The number of nitrogens with one attached hydrogen (secondary N) is 3. The Hall–Kier alpha value is -3.19. The van der Waals surface area contributed by atoms with Gasteiger partial charge in [0.25, 0.3) is 0 Å². The lowest BCUT2D eigenvalue weighted by atomic mass is 10.1. The van der Waals surface area contributed by atoms with Crippen molar-refractivity contribution < 1.29 is 4.79 Å². The standard InChI is InChI=1S/C21H23N7OS/c22-13-15-16(27-28(20(15)23)14-6-2-1-3-7-14)8-4-10-24-21(29)18-12-17(25-26-18)19-9-5-11-30-19/h1-3,5-7,9,11,17-18,25-26H,4,8,10,12,23H2,(H,24,29). The molecule has 3 heterocycles. The number of carbonyl (C=O) groups is 1. The molecule has 30 heavy (non-hydrogen) atoms. The number of hydrogen-bond donors (Lipinski definition) is 4. The SMILES string of the molecule is N#Cc1c(CCCNC(=O)C2CC(c3cccs3)NN2)nn(-c2ccccc2)c1N.